The monoisotopic (exact) mass is 302 g/mol. The summed E-state index contributed by atoms with van der Waals surface area (Å²) in [7, 11) is 0. The van der Waals surface area contributed by atoms with E-state index in [2.05, 4.69) is 0 Å². The Morgan fingerprint density at radius 3 is 2.58 bits per heavy atom. The summed E-state index contributed by atoms with van der Waals surface area (Å²) in [5, 5.41) is 10.0. The number of carboxylic acid groups (broad SMARTS) is 1. The predicted octanol–water partition coefficient (Wildman–Crippen LogP) is 4.41. The number of hydrogen-bond acceptors (Lipinski definition) is 2. The zero-order chi connectivity index (χ0) is 13.8. The van der Waals surface area contributed by atoms with Crippen LogP contribution in [0.5, 0.6) is 5.75 Å². The van der Waals surface area contributed by atoms with Gasteiger partial charge in [-0.1, -0.05) is 48.9 Å². The number of ether oxygens (including phenoxy) is 1. The molecule has 1 atom stereocenters. The third kappa shape index (κ3) is 4.02. The fraction of sp³-hybridized carbons (Fsp3) is 0.500. The van der Waals surface area contributed by atoms with E-state index in [9.17, 15) is 9.90 Å². The van der Waals surface area contributed by atoms with Crippen LogP contribution in [-0.2, 0) is 4.79 Å². The standard InChI is InChI=1S/C14H16Cl2O3/c15-11-6-5-10(8-12(11)16)19-13(14(17)18)7-9-3-1-2-4-9/h5-6,8-9,13H,1-4,7H2,(H,17,18). The molecule has 1 saturated carbocycles. The Labute approximate surface area is 122 Å². The summed E-state index contributed by atoms with van der Waals surface area (Å²) in [5.41, 5.74) is 0. The first-order valence-electron chi connectivity index (χ1n) is 6.41. The maximum Gasteiger partial charge on any atom is 0.344 e. The van der Waals surface area contributed by atoms with E-state index in [1.807, 2.05) is 0 Å². The molecule has 1 unspecified atom stereocenters. The molecule has 19 heavy (non-hydrogen) atoms. The van der Waals surface area contributed by atoms with E-state index in [0.717, 1.165) is 12.8 Å². The summed E-state index contributed by atoms with van der Waals surface area (Å²) in [4.78, 5) is 11.3. The first-order chi connectivity index (χ1) is 9.06. The number of carboxylic acids is 1. The van der Waals surface area contributed by atoms with E-state index in [1.165, 1.54) is 12.8 Å². The molecular formula is C14H16Cl2O3. The molecule has 1 aliphatic rings. The molecule has 0 heterocycles. The van der Waals surface area contributed by atoms with Gasteiger partial charge in [-0.3, -0.25) is 0 Å². The molecule has 0 bridgehead atoms. The van der Waals surface area contributed by atoms with Gasteiger partial charge in [0.15, 0.2) is 6.10 Å². The van der Waals surface area contributed by atoms with E-state index in [-0.39, 0.29) is 0 Å². The highest BCUT2D eigenvalue weighted by Gasteiger charge is 2.26. The lowest BCUT2D eigenvalue weighted by atomic mass is 10.00. The average Bonchev–Trinajstić information content (AvgIpc) is 2.86. The summed E-state index contributed by atoms with van der Waals surface area (Å²) in [6.07, 6.45) is 4.28. The fourth-order valence-electron chi connectivity index (χ4n) is 2.46. The van der Waals surface area contributed by atoms with E-state index < -0.39 is 12.1 Å². The molecule has 0 saturated heterocycles. The van der Waals surface area contributed by atoms with E-state index in [0.29, 0.717) is 28.1 Å². The quantitative estimate of drug-likeness (QED) is 0.876. The number of aliphatic carboxylic acids is 1. The minimum absolute atomic E-state index is 0.365. The molecule has 0 spiro atoms. The minimum atomic E-state index is -0.932. The lowest BCUT2D eigenvalue weighted by Gasteiger charge is -2.18. The van der Waals surface area contributed by atoms with Crippen LogP contribution in [0.4, 0.5) is 0 Å². The second-order valence-electron chi connectivity index (χ2n) is 4.91. The molecule has 0 aromatic heterocycles. The van der Waals surface area contributed by atoms with E-state index in [4.69, 9.17) is 27.9 Å². The summed E-state index contributed by atoms with van der Waals surface area (Å²) >= 11 is 11.7. The molecule has 1 aliphatic carbocycles. The molecular weight excluding hydrogens is 287 g/mol. The second kappa shape index (κ2) is 6.49. The molecule has 1 N–H and O–H groups in total. The number of halogens is 2. The van der Waals surface area contributed by atoms with Gasteiger partial charge in [-0.2, -0.15) is 0 Å². The van der Waals surface area contributed by atoms with Crippen molar-refractivity contribution in [1.29, 1.82) is 0 Å². The van der Waals surface area contributed by atoms with Crippen LogP contribution in [0.25, 0.3) is 0 Å². The maximum atomic E-state index is 11.3. The Hall–Kier alpha value is -0.930. The van der Waals surface area contributed by atoms with Crippen molar-refractivity contribution in [2.75, 3.05) is 0 Å². The fourth-order valence-corrected chi connectivity index (χ4v) is 2.75. The zero-order valence-corrected chi connectivity index (χ0v) is 12.0. The van der Waals surface area contributed by atoms with Crippen LogP contribution in [0.15, 0.2) is 18.2 Å². The van der Waals surface area contributed by atoms with Crippen molar-refractivity contribution in [1.82, 2.24) is 0 Å². The topological polar surface area (TPSA) is 46.5 Å². The van der Waals surface area contributed by atoms with Crippen LogP contribution < -0.4 is 4.74 Å². The minimum Gasteiger partial charge on any atom is -0.479 e. The van der Waals surface area contributed by atoms with Crippen molar-refractivity contribution in [3.05, 3.63) is 28.2 Å². The van der Waals surface area contributed by atoms with Gasteiger partial charge >= 0.3 is 5.97 Å². The van der Waals surface area contributed by atoms with Gasteiger partial charge in [0.1, 0.15) is 5.75 Å². The van der Waals surface area contributed by atoms with Gasteiger partial charge in [0.05, 0.1) is 10.0 Å². The average molecular weight is 303 g/mol. The van der Waals surface area contributed by atoms with Crippen LogP contribution >= 0.6 is 23.2 Å². The van der Waals surface area contributed by atoms with Crippen molar-refractivity contribution in [3.63, 3.8) is 0 Å². The third-order valence-corrected chi connectivity index (χ3v) is 4.21. The second-order valence-corrected chi connectivity index (χ2v) is 5.72. The Morgan fingerprint density at radius 2 is 2.00 bits per heavy atom. The summed E-state index contributed by atoms with van der Waals surface area (Å²) in [6, 6.07) is 4.79. The smallest absolute Gasteiger partial charge is 0.344 e. The predicted molar refractivity (Wildman–Crippen MR) is 75.1 cm³/mol. The third-order valence-electron chi connectivity index (χ3n) is 3.47. The Balaban J connectivity index is 2.02. The van der Waals surface area contributed by atoms with Crippen molar-refractivity contribution >= 4 is 29.2 Å². The van der Waals surface area contributed by atoms with Crippen LogP contribution in [0, 0.1) is 5.92 Å². The molecule has 5 heteroatoms. The molecule has 0 amide bonds. The summed E-state index contributed by atoms with van der Waals surface area (Å²) in [5.74, 6) is -0.0401. The largest absolute Gasteiger partial charge is 0.479 e. The maximum absolute atomic E-state index is 11.3. The number of benzene rings is 1. The van der Waals surface area contributed by atoms with Gasteiger partial charge in [0.25, 0.3) is 0 Å². The molecule has 3 nitrogen and oxygen atoms in total. The molecule has 1 fully saturated rings. The zero-order valence-electron chi connectivity index (χ0n) is 10.4. The summed E-state index contributed by atoms with van der Waals surface area (Å²) < 4.78 is 5.53. The molecule has 0 radical (unpaired) electrons. The van der Waals surface area contributed by atoms with Crippen LogP contribution in [0.3, 0.4) is 0 Å². The summed E-state index contributed by atoms with van der Waals surface area (Å²) in [6.45, 7) is 0. The number of hydrogen-bond donors (Lipinski definition) is 1. The molecule has 1 aromatic rings. The van der Waals surface area contributed by atoms with Gasteiger partial charge in [0, 0.05) is 6.07 Å². The van der Waals surface area contributed by atoms with Crippen molar-refractivity contribution in [2.45, 2.75) is 38.2 Å². The van der Waals surface area contributed by atoms with Gasteiger partial charge in [0.2, 0.25) is 0 Å². The first kappa shape index (κ1) is 14.5. The highest BCUT2D eigenvalue weighted by molar-refractivity contribution is 6.42. The van der Waals surface area contributed by atoms with Gasteiger partial charge in [-0.25, -0.2) is 4.79 Å². The van der Waals surface area contributed by atoms with Crippen LogP contribution in [-0.4, -0.2) is 17.2 Å². The van der Waals surface area contributed by atoms with Gasteiger partial charge in [-0.15, -0.1) is 0 Å². The van der Waals surface area contributed by atoms with E-state index in [1.54, 1.807) is 18.2 Å². The van der Waals surface area contributed by atoms with Gasteiger partial charge < -0.3 is 9.84 Å². The normalized spacial score (nSPS) is 17.4. The van der Waals surface area contributed by atoms with Crippen molar-refractivity contribution in [3.8, 4) is 5.75 Å². The molecule has 104 valence electrons. The van der Waals surface area contributed by atoms with Crippen molar-refractivity contribution in [2.24, 2.45) is 5.92 Å². The highest BCUT2D eigenvalue weighted by atomic mass is 35.5. The van der Waals surface area contributed by atoms with Crippen LogP contribution in [0.1, 0.15) is 32.1 Å². The Morgan fingerprint density at radius 1 is 1.32 bits per heavy atom. The van der Waals surface area contributed by atoms with Gasteiger partial charge in [-0.05, 0) is 24.5 Å². The first-order valence-corrected chi connectivity index (χ1v) is 7.16. The Kier molecular flexibility index (Phi) is 4.94. The lowest BCUT2D eigenvalue weighted by Crippen LogP contribution is -2.29. The van der Waals surface area contributed by atoms with Crippen LogP contribution in [0.2, 0.25) is 10.0 Å². The SMILES string of the molecule is O=C(O)C(CC1CCCC1)Oc1ccc(Cl)c(Cl)c1. The molecule has 2 rings (SSSR count). The lowest BCUT2D eigenvalue weighted by molar-refractivity contribution is -0.145. The molecule has 0 aliphatic heterocycles. The highest BCUT2D eigenvalue weighted by Crippen LogP contribution is 2.31. The number of rotatable bonds is 5. The Bertz CT molecular complexity index is 456. The van der Waals surface area contributed by atoms with E-state index >= 15 is 0 Å². The molecule has 1 aromatic carbocycles. The van der Waals surface area contributed by atoms with Crippen molar-refractivity contribution < 1.29 is 14.6 Å². The number of carbonyl (C=O) groups is 1.